The number of hydrazone groups is 1. The molecule has 0 aromatic heterocycles. The van der Waals surface area contributed by atoms with Crippen molar-refractivity contribution in [2.45, 2.75) is 6.61 Å². The Morgan fingerprint density at radius 3 is 2.62 bits per heavy atom. The van der Waals surface area contributed by atoms with E-state index in [4.69, 9.17) is 21.1 Å². The fraction of sp³-hybridized carbons (Fsp3) is 0.107. The van der Waals surface area contributed by atoms with Gasteiger partial charge < -0.3 is 9.47 Å². The van der Waals surface area contributed by atoms with Crippen LogP contribution in [-0.2, 0) is 11.4 Å². The van der Waals surface area contributed by atoms with E-state index in [1.165, 1.54) is 11.1 Å². The first kappa shape index (κ1) is 24.8. The minimum atomic E-state index is -0.414. The lowest BCUT2D eigenvalue weighted by atomic mass is 10.1. The third kappa shape index (κ3) is 5.16. The number of anilines is 1. The number of hydrogen-bond donors (Lipinski definition) is 1. The first-order chi connectivity index (χ1) is 17.9. The van der Waals surface area contributed by atoms with Crippen LogP contribution in [0.4, 0.5) is 5.69 Å². The second-order valence-corrected chi connectivity index (χ2v) is 9.61. The summed E-state index contributed by atoms with van der Waals surface area (Å²) in [7, 11) is 1.55. The third-order valence-corrected chi connectivity index (χ3v) is 6.74. The number of halogens is 2. The van der Waals surface area contributed by atoms with Crippen molar-refractivity contribution in [2.75, 3.05) is 18.6 Å². The number of carbonyl (C=O) groups is 2. The summed E-state index contributed by atoms with van der Waals surface area (Å²) in [6.45, 7) is 0.191. The van der Waals surface area contributed by atoms with Crippen LogP contribution >= 0.6 is 27.5 Å². The molecule has 0 bridgehead atoms. The highest BCUT2D eigenvalue weighted by molar-refractivity contribution is 9.10. The summed E-state index contributed by atoms with van der Waals surface area (Å²) in [5.41, 5.74) is 5.46. The van der Waals surface area contributed by atoms with Gasteiger partial charge in [-0.2, -0.15) is 5.10 Å². The summed E-state index contributed by atoms with van der Waals surface area (Å²) in [4.78, 5) is 27.0. The second kappa shape index (κ2) is 10.6. The molecule has 1 N–H and O–H groups in total. The molecule has 0 radical (unpaired) electrons. The molecule has 2 amide bonds. The van der Waals surface area contributed by atoms with Gasteiger partial charge in [-0.15, -0.1) is 0 Å². The molecule has 0 atom stereocenters. The first-order valence-corrected chi connectivity index (χ1v) is 12.5. The van der Waals surface area contributed by atoms with Gasteiger partial charge in [0.15, 0.2) is 11.5 Å². The Morgan fingerprint density at radius 2 is 1.86 bits per heavy atom. The predicted octanol–water partition coefficient (Wildman–Crippen LogP) is 5.95. The van der Waals surface area contributed by atoms with Crippen molar-refractivity contribution in [3.63, 3.8) is 0 Å². The Morgan fingerprint density at radius 1 is 1.11 bits per heavy atom. The van der Waals surface area contributed by atoms with Gasteiger partial charge in [0.25, 0.3) is 11.8 Å². The summed E-state index contributed by atoms with van der Waals surface area (Å²) in [5.74, 6) is 0.432. The van der Waals surface area contributed by atoms with E-state index in [9.17, 15) is 9.59 Å². The van der Waals surface area contributed by atoms with Crippen molar-refractivity contribution in [2.24, 2.45) is 5.10 Å². The van der Waals surface area contributed by atoms with E-state index in [2.05, 4.69) is 26.5 Å². The molecule has 0 unspecified atom stereocenters. The van der Waals surface area contributed by atoms with Crippen molar-refractivity contribution >= 4 is 62.0 Å². The van der Waals surface area contributed by atoms with Gasteiger partial charge in [0.05, 0.1) is 23.5 Å². The molecule has 1 aliphatic rings. The Bertz CT molecular complexity index is 1530. The maximum absolute atomic E-state index is 12.9. The van der Waals surface area contributed by atoms with Gasteiger partial charge in [-0.25, -0.2) is 5.43 Å². The zero-order chi connectivity index (χ0) is 25.9. The number of amides is 2. The third-order valence-electron chi connectivity index (χ3n) is 5.90. The van der Waals surface area contributed by atoms with Gasteiger partial charge in [-0.1, -0.05) is 48.0 Å². The minimum absolute atomic E-state index is 0.144. The summed E-state index contributed by atoms with van der Waals surface area (Å²) < 4.78 is 12.1. The standard InChI is InChI=1S/C28H21BrClN3O4/c1-36-24-13-18(12-22(29)27(24)37-16-17-8-10-20(30)11-9-17)14-31-32-25(34)15-33-23-7-3-5-19-4-2-6-21(26(19)23)28(33)35/h2-14H,15-16H2,1H3,(H,32,34)/b31-14-. The molecule has 0 spiro atoms. The fourth-order valence-electron chi connectivity index (χ4n) is 4.18. The number of methoxy groups -OCH3 is 1. The van der Waals surface area contributed by atoms with Crippen LogP contribution in [0, 0.1) is 0 Å². The summed E-state index contributed by atoms with van der Waals surface area (Å²) >= 11 is 9.46. The average molecular weight is 579 g/mol. The summed E-state index contributed by atoms with van der Waals surface area (Å²) in [6.07, 6.45) is 1.50. The number of hydrogen-bond acceptors (Lipinski definition) is 5. The van der Waals surface area contributed by atoms with Gasteiger partial charge in [0.2, 0.25) is 0 Å². The van der Waals surface area contributed by atoms with Crippen LogP contribution in [0.3, 0.4) is 0 Å². The van der Waals surface area contributed by atoms with E-state index in [1.54, 1.807) is 37.4 Å². The Labute approximate surface area is 226 Å². The second-order valence-electron chi connectivity index (χ2n) is 8.31. The smallest absolute Gasteiger partial charge is 0.260 e. The van der Waals surface area contributed by atoms with E-state index in [0.29, 0.717) is 38.7 Å². The SMILES string of the molecule is COc1cc(/C=N\NC(=O)CN2C(=O)c3cccc4cccc2c34)cc(Br)c1OCc1ccc(Cl)cc1. The molecular formula is C28H21BrClN3O4. The van der Waals surface area contributed by atoms with E-state index < -0.39 is 5.91 Å². The lowest BCUT2D eigenvalue weighted by Crippen LogP contribution is -2.37. The molecule has 0 fully saturated rings. The van der Waals surface area contributed by atoms with Crippen LogP contribution in [0.15, 0.2) is 82.4 Å². The van der Waals surface area contributed by atoms with Crippen LogP contribution < -0.4 is 19.8 Å². The van der Waals surface area contributed by atoms with Gasteiger partial charge in [-0.05, 0) is 68.8 Å². The van der Waals surface area contributed by atoms with E-state index in [0.717, 1.165) is 22.0 Å². The number of nitrogens with zero attached hydrogens (tertiary/aromatic N) is 2. The van der Waals surface area contributed by atoms with Crippen molar-refractivity contribution in [3.05, 3.63) is 99.0 Å². The van der Waals surface area contributed by atoms with E-state index in [-0.39, 0.29) is 12.5 Å². The topological polar surface area (TPSA) is 80.2 Å². The largest absolute Gasteiger partial charge is 0.493 e. The first-order valence-electron chi connectivity index (χ1n) is 11.3. The van der Waals surface area contributed by atoms with Crippen molar-refractivity contribution < 1.29 is 19.1 Å². The molecule has 186 valence electrons. The molecule has 9 heteroatoms. The maximum Gasteiger partial charge on any atom is 0.260 e. The summed E-state index contributed by atoms with van der Waals surface area (Å²) in [5, 5.41) is 6.55. The molecule has 4 aromatic rings. The van der Waals surface area contributed by atoms with Crippen LogP contribution in [0.2, 0.25) is 5.02 Å². The highest BCUT2D eigenvalue weighted by atomic mass is 79.9. The number of ether oxygens (including phenoxy) is 2. The number of carbonyl (C=O) groups excluding carboxylic acids is 2. The molecule has 0 saturated carbocycles. The highest BCUT2D eigenvalue weighted by Gasteiger charge is 2.30. The lowest BCUT2D eigenvalue weighted by Gasteiger charge is -2.16. The molecule has 4 aromatic carbocycles. The number of rotatable bonds is 8. The molecule has 7 nitrogen and oxygen atoms in total. The Balaban J connectivity index is 1.24. The average Bonchev–Trinajstić information content (AvgIpc) is 3.16. The maximum atomic E-state index is 12.9. The van der Waals surface area contributed by atoms with Crippen molar-refractivity contribution in [3.8, 4) is 11.5 Å². The molecule has 5 rings (SSSR count). The summed E-state index contributed by atoms with van der Waals surface area (Å²) in [6, 6.07) is 22.2. The Hall–Kier alpha value is -3.88. The molecule has 0 saturated heterocycles. The normalized spacial score (nSPS) is 12.4. The number of benzene rings is 4. The van der Waals surface area contributed by atoms with E-state index in [1.807, 2.05) is 42.5 Å². The molecule has 37 heavy (non-hydrogen) atoms. The van der Waals surface area contributed by atoms with Crippen LogP contribution in [0.25, 0.3) is 10.8 Å². The molecular weight excluding hydrogens is 558 g/mol. The van der Waals surface area contributed by atoms with Crippen molar-refractivity contribution in [1.29, 1.82) is 0 Å². The lowest BCUT2D eigenvalue weighted by molar-refractivity contribution is -0.119. The zero-order valence-electron chi connectivity index (χ0n) is 19.7. The Kier molecular flexibility index (Phi) is 7.12. The van der Waals surface area contributed by atoms with Gasteiger partial charge in [0.1, 0.15) is 13.2 Å². The van der Waals surface area contributed by atoms with Crippen LogP contribution in [0.5, 0.6) is 11.5 Å². The van der Waals surface area contributed by atoms with Crippen LogP contribution in [-0.4, -0.2) is 31.7 Å². The molecule has 1 heterocycles. The van der Waals surface area contributed by atoms with Crippen molar-refractivity contribution in [1.82, 2.24) is 5.43 Å². The fourth-order valence-corrected chi connectivity index (χ4v) is 4.88. The predicted molar refractivity (Wildman–Crippen MR) is 148 cm³/mol. The zero-order valence-corrected chi connectivity index (χ0v) is 22.0. The molecule has 0 aliphatic carbocycles. The minimum Gasteiger partial charge on any atom is -0.493 e. The molecule has 1 aliphatic heterocycles. The van der Waals surface area contributed by atoms with E-state index >= 15 is 0 Å². The van der Waals surface area contributed by atoms with Gasteiger partial charge in [0, 0.05) is 16.0 Å². The number of nitrogens with one attached hydrogen (secondary N) is 1. The monoisotopic (exact) mass is 577 g/mol. The highest BCUT2D eigenvalue weighted by Crippen LogP contribution is 2.38. The van der Waals surface area contributed by atoms with Gasteiger partial charge in [-0.3, -0.25) is 14.5 Å². The van der Waals surface area contributed by atoms with Crippen LogP contribution in [0.1, 0.15) is 21.5 Å². The van der Waals surface area contributed by atoms with Gasteiger partial charge >= 0.3 is 0 Å². The quantitative estimate of drug-likeness (QED) is 0.207.